The lowest BCUT2D eigenvalue weighted by atomic mass is 10.2. The lowest BCUT2D eigenvalue weighted by Crippen LogP contribution is -2.23. The summed E-state index contributed by atoms with van der Waals surface area (Å²) in [5.74, 6) is 0.649. The molecule has 134 valence electrons. The van der Waals surface area contributed by atoms with Crippen LogP contribution in [-0.2, 0) is 16.6 Å². The molecule has 0 aliphatic carbocycles. The average Bonchev–Trinajstić information content (AvgIpc) is 3.08. The predicted octanol–water partition coefficient (Wildman–Crippen LogP) is 1.17. The molecule has 0 aliphatic rings. The lowest BCUT2D eigenvalue weighted by molar-refractivity contribution is 0.0950. The molecule has 3 aromatic rings. The summed E-state index contributed by atoms with van der Waals surface area (Å²) >= 11 is 0. The largest absolute Gasteiger partial charge is 0.345 e. The fourth-order valence-corrected chi connectivity index (χ4v) is 2.76. The van der Waals surface area contributed by atoms with Gasteiger partial charge in [0, 0.05) is 29.2 Å². The first-order chi connectivity index (χ1) is 12.4. The van der Waals surface area contributed by atoms with Crippen LogP contribution in [0.3, 0.4) is 0 Å². The zero-order chi connectivity index (χ0) is 18.6. The van der Waals surface area contributed by atoms with Gasteiger partial charge in [0.25, 0.3) is 5.91 Å². The third kappa shape index (κ3) is 4.63. The van der Waals surface area contributed by atoms with Gasteiger partial charge in [-0.1, -0.05) is 6.07 Å². The van der Waals surface area contributed by atoms with Crippen LogP contribution in [-0.4, -0.2) is 40.7 Å². The SMILES string of the molecule is CS(=O)(=O)Nc1cccc(C(=O)NCc2nc(-c3ccncc3)n[nH]2)c1. The highest BCUT2D eigenvalue weighted by Gasteiger charge is 2.10. The molecule has 0 saturated heterocycles. The highest BCUT2D eigenvalue weighted by atomic mass is 32.2. The molecule has 9 nitrogen and oxygen atoms in total. The number of hydrogen-bond donors (Lipinski definition) is 3. The van der Waals surface area contributed by atoms with E-state index in [1.54, 1.807) is 42.7 Å². The Morgan fingerprint density at radius 2 is 1.96 bits per heavy atom. The van der Waals surface area contributed by atoms with Crippen LogP contribution in [0.5, 0.6) is 0 Å². The Hall–Kier alpha value is -3.27. The number of aromatic nitrogens is 4. The van der Waals surface area contributed by atoms with Crippen LogP contribution >= 0.6 is 0 Å². The number of rotatable bonds is 6. The van der Waals surface area contributed by atoms with Gasteiger partial charge in [0.1, 0.15) is 5.82 Å². The van der Waals surface area contributed by atoms with Gasteiger partial charge in [-0.25, -0.2) is 13.4 Å². The van der Waals surface area contributed by atoms with Gasteiger partial charge in [-0.15, -0.1) is 0 Å². The quantitative estimate of drug-likeness (QED) is 0.595. The van der Waals surface area contributed by atoms with E-state index in [-0.39, 0.29) is 12.5 Å². The summed E-state index contributed by atoms with van der Waals surface area (Å²) in [6, 6.07) is 9.77. The molecule has 1 aromatic carbocycles. The Morgan fingerprint density at radius 3 is 2.69 bits per heavy atom. The van der Waals surface area contributed by atoms with Crippen LogP contribution in [0.4, 0.5) is 5.69 Å². The standard InChI is InChI=1S/C16H16N6O3S/c1-26(24,25)22-13-4-2-3-12(9-13)16(23)18-10-14-19-15(21-20-14)11-5-7-17-8-6-11/h2-9,22H,10H2,1H3,(H,18,23)(H,19,20,21). The monoisotopic (exact) mass is 372 g/mol. The van der Waals surface area contributed by atoms with E-state index in [0.717, 1.165) is 11.8 Å². The van der Waals surface area contributed by atoms with Gasteiger partial charge in [0.05, 0.1) is 12.8 Å². The molecule has 2 aromatic heterocycles. The zero-order valence-electron chi connectivity index (χ0n) is 13.8. The number of amides is 1. The number of nitrogens with zero attached hydrogens (tertiary/aromatic N) is 3. The lowest BCUT2D eigenvalue weighted by Gasteiger charge is -2.07. The molecule has 0 bridgehead atoms. The van der Waals surface area contributed by atoms with Gasteiger partial charge in [-0.3, -0.25) is 19.6 Å². The maximum Gasteiger partial charge on any atom is 0.251 e. The Morgan fingerprint density at radius 1 is 1.19 bits per heavy atom. The third-order valence-corrected chi connectivity index (χ3v) is 3.92. The molecule has 2 heterocycles. The van der Waals surface area contributed by atoms with E-state index in [9.17, 15) is 13.2 Å². The Labute approximate surface area is 149 Å². The number of anilines is 1. The van der Waals surface area contributed by atoms with Crippen molar-refractivity contribution in [2.24, 2.45) is 0 Å². The summed E-state index contributed by atoms with van der Waals surface area (Å²) in [5.41, 5.74) is 1.46. The van der Waals surface area contributed by atoms with Crippen LogP contribution in [0.25, 0.3) is 11.4 Å². The van der Waals surface area contributed by atoms with Gasteiger partial charge >= 0.3 is 0 Å². The van der Waals surface area contributed by atoms with Crippen LogP contribution in [0.2, 0.25) is 0 Å². The van der Waals surface area contributed by atoms with E-state index in [1.165, 1.54) is 6.07 Å². The van der Waals surface area contributed by atoms with Crippen molar-refractivity contribution in [1.82, 2.24) is 25.5 Å². The number of nitrogens with one attached hydrogen (secondary N) is 3. The first-order valence-corrected chi connectivity index (χ1v) is 9.47. The molecule has 0 atom stereocenters. The van der Waals surface area contributed by atoms with Crippen molar-refractivity contribution in [2.45, 2.75) is 6.54 Å². The number of sulfonamides is 1. The number of carbonyl (C=O) groups is 1. The second-order valence-corrected chi connectivity index (χ2v) is 7.23. The minimum atomic E-state index is -3.41. The summed E-state index contributed by atoms with van der Waals surface area (Å²) in [5, 5.41) is 9.57. The summed E-state index contributed by atoms with van der Waals surface area (Å²) in [4.78, 5) is 20.5. The first kappa shape index (κ1) is 17.5. The van der Waals surface area contributed by atoms with E-state index in [1.807, 2.05) is 0 Å². The first-order valence-electron chi connectivity index (χ1n) is 7.58. The number of aromatic amines is 1. The zero-order valence-corrected chi connectivity index (χ0v) is 14.6. The molecule has 0 saturated carbocycles. The fourth-order valence-electron chi connectivity index (χ4n) is 2.21. The van der Waals surface area contributed by atoms with Crippen molar-refractivity contribution >= 4 is 21.6 Å². The highest BCUT2D eigenvalue weighted by molar-refractivity contribution is 7.92. The highest BCUT2D eigenvalue weighted by Crippen LogP contribution is 2.13. The molecule has 1 amide bonds. The number of carbonyl (C=O) groups excluding carboxylic acids is 1. The Bertz CT molecular complexity index is 1020. The van der Waals surface area contributed by atoms with E-state index in [4.69, 9.17) is 0 Å². The van der Waals surface area contributed by atoms with Crippen LogP contribution in [0, 0.1) is 0 Å². The molecule has 3 rings (SSSR count). The van der Waals surface area contributed by atoms with Crippen molar-refractivity contribution in [1.29, 1.82) is 0 Å². The number of pyridine rings is 1. The molecule has 0 fully saturated rings. The van der Waals surface area contributed by atoms with E-state index in [2.05, 4.69) is 30.2 Å². The Balaban J connectivity index is 1.64. The summed E-state index contributed by atoms with van der Waals surface area (Å²) in [6.07, 6.45) is 4.33. The summed E-state index contributed by atoms with van der Waals surface area (Å²) < 4.78 is 24.9. The molecule has 0 aliphatic heterocycles. The average molecular weight is 372 g/mol. The fraction of sp³-hybridized carbons (Fsp3) is 0.125. The minimum Gasteiger partial charge on any atom is -0.345 e. The van der Waals surface area contributed by atoms with E-state index < -0.39 is 10.0 Å². The van der Waals surface area contributed by atoms with Crippen LogP contribution in [0.1, 0.15) is 16.2 Å². The minimum absolute atomic E-state index is 0.153. The Kier molecular flexibility index (Phi) is 4.94. The third-order valence-electron chi connectivity index (χ3n) is 3.31. The molecule has 0 radical (unpaired) electrons. The van der Waals surface area contributed by atoms with E-state index >= 15 is 0 Å². The van der Waals surface area contributed by atoms with Crippen molar-refractivity contribution in [3.8, 4) is 11.4 Å². The van der Waals surface area contributed by atoms with E-state index in [0.29, 0.717) is 22.9 Å². The van der Waals surface area contributed by atoms with Crippen molar-refractivity contribution in [3.63, 3.8) is 0 Å². The molecular formula is C16H16N6O3S. The van der Waals surface area contributed by atoms with Crippen molar-refractivity contribution in [3.05, 3.63) is 60.2 Å². The number of H-pyrrole nitrogens is 1. The molecule has 0 unspecified atom stereocenters. The second-order valence-electron chi connectivity index (χ2n) is 5.48. The summed E-state index contributed by atoms with van der Waals surface area (Å²) in [7, 11) is -3.41. The molecular weight excluding hydrogens is 356 g/mol. The maximum atomic E-state index is 12.3. The van der Waals surface area contributed by atoms with Crippen LogP contribution < -0.4 is 10.0 Å². The number of benzene rings is 1. The smallest absolute Gasteiger partial charge is 0.251 e. The topological polar surface area (TPSA) is 130 Å². The molecule has 26 heavy (non-hydrogen) atoms. The van der Waals surface area contributed by atoms with Crippen LogP contribution in [0.15, 0.2) is 48.8 Å². The predicted molar refractivity (Wildman–Crippen MR) is 95.7 cm³/mol. The van der Waals surface area contributed by atoms with Gasteiger partial charge in [-0.2, -0.15) is 5.10 Å². The summed E-state index contributed by atoms with van der Waals surface area (Å²) in [6.45, 7) is 0.153. The van der Waals surface area contributed by atoms with Gasteiger partial charge in [0.2, 0.25) is 10.0 Å². The second kappa shape index (κ2) is 7.31. The maximum absolute atomic E-state index is 12.3. The van der Waals surface area contributed by atoms with Gasteiger partial charge in [0.15, 0.2) is 5.82 Å². The van der Waals surface area contributed by atoms with Gasteiger partial charge < -0.3 is 5.32 Å². The van der Waals surface area contributed by atoms with Gasteiger partial charge in [-0.05, 0) is 30.3 Å². The number of hydrogen-bond acceptors (Lipinski definition) is 6. The molecule has 0 spiro atoms. The normalized spacial score (nSPS) is 11.1. The van der Waals surface area contributed by atoms with Crippen molar-refractivity contribution in [2.75, 3.05) is 11.0 Å². The van der Waals surface area contributed by atoms with Crippen molar-refractivity contribution < 1.29 is 13.2 Å². The molecule has 10 heteroatoms. The molecule has 3 N–H and O–H groups in total.